The molecule has 2 atom stereocenters. The number of anilines is 1. The van der Waals surface area contributed by atoms with Gasteiger partial charge in [-0.15, -0.1) is 0 Å². The Balaban J connectivity index is 1.66. The Kier molecular flexibility index (Phi) is 6.02. The maximum atomic E-state index is 12.7. The van der Waals surface area contributed by atoms with E-state index in [-0.39, 0.29) is 11.8 Å². The Morgan fingerprint density at radius 3 is 1.92 bits per heavy atom. The summed E-state index contributed by atoms with van der Waals surface area (Å²) in [6.07, 6.45) is 15.5. The normalized spacial score (nSPS) is 26.8. The maximum Gasteiger partial charge on any atom is 0.228 e. The minimum atomic E-state index is 0.0582. The van der Waals surface area contributed by atoms with Crippen LogP contribution in [0.25, 0.3) is 0 Å². The lowest BCUT2D eigenvalue weighted by molar-refractivity contribution is -0.117. The monoisotopic (exact) mass is 363 g/mol. The summed E-state index contributed by atoms with van der Waals surface area (Å²) in [5.74, 6) is 1.09. The van der Waals surface area contributed by atoms with Crippen molar-refractivity contribution in [1.82, 2.24) is 0 Å². The van der Waals surface area contributed by atoms with Crippen molar-refractivity contribution in [1.29, 1.82) is 0 Å². The summed E-state index contributed by atoms with van der Waals surface area (Å²) in [6, 6.07) is 5.27. The number of halogens is 2. The van der Waals surface area contributed by atoms with Crippen LogP contribution in [-0.4, -0.2) is 5.91 Å². The quantitative estimate of drug-likeness (QED) is 0.617. The third-order valence-corrected chi connectivity index (χ3v) is 5.64. The molecule has 24 heavy (non-hydrogen) atoms. The molecule has 0 radical (unpaired) electrons. The molecule has 0 aliphatic heterocycles. The molecule has 1 aromatic rings. The lowest BCUT2D eigenvalue weighted by atomic mass is 10.1. The summed E-state index contributed by atoms with van der Waals surface area (Å²) < 4.78 is 0. The Morgan fingerprint density at radius 1 is 0.875 bits per heavy atom. The van der Waals surface area contributed by atoms with Crippen LogP contribution in [0.5, 0.6) is 0 Å². The minimum Gasteiger partial charge on any atom is -0.323 e. The highest BCUT2D eigenvalue weighted by molar-refractivity contribution is 6.39. The van der Waals surface area contributed by atoms with E-state index in [0.717, 1.165) is 38.5 Å². The molecule has 2 aliphatic carbocycles. The van der Waals surface area contributed by atoms with Crippen molar-refractivity contribution in [3.8, 4) is 0 Å². The fourth-order valence-corrected chi connectivity index (χ4v) is 4.18. The Hall–Kier alpha value is -1.25. The second-order valence-electron chi connectivity index (χ2n) is 6.61. The SMILES string of the molecule is O=C(Nc1c(Cl)cccc1Cl)C1[C@H]2CCC=CCCC=CCC[C@H]12. The molecular formula is C20H23Cl2NO. The number of benzene rings is 1. The first-order valence-corrected chi connectivity index (χ1v) is 9.49. The van der Waals surface area contributed by atoms with Crippen LogP contribution in [-0.2, 0) is 4.79 Å². The third-order valence-electron chi connectivity index (χ3n) is 5.01. The van der Waals surface area contributed by atoms with Crippen molar-refractivity contribution in [2.75, 3.05) is 5.32 Å². The molecule has 1 saturated carbocycles. The molecule has 0 spiro atoms. The van der Waals surface area contributed by atoms with E-state index in [9.17, 15) is 4.79 Å². The number of carbonyl (C=O) groups excluding carboxylic acids is 1. The summed E-state index contributed by atoms with van der Waals surface area (Å²) in [7, 11) is 0. The van der Waals surface area contributed by atoms with E-state index in [4.69, 9.17) is 23.2 Å². The summed E-state index contributed by atoms with van der Waals surface area (Å²) in [6.45, 7) is 0. The molecule has 1 N–H and O–H groups in total. The van der Waals surface area contributed by atoms with Crippen LogP contribution in [0, 0.1) is 17.8 Å². The van der Waals surface area contributed by atoms with Gasteiger partial charge in [0, 0.05) is 5.92 Å². The first kappa shape index (κ1) is 17.6. The van der Waals surface area contributed by atoms with Gasteiger partial charge in [0.05, 0.1) is 15.7 Å². The molecule has 1 aromatic carbocycles. The fraction of sp³-hybridized carbons (Fsp3) is 0.450. The van der Waals surface area contributed by atoms with E-state index in [0.29, 0.717) is 27.6 Å². The highest BCUT2D eigenvalue weighted by Crippen LogP contribution is 2.53. The first-order chi connectivity index (χ1) is 11.7. The zero-order valence-electron chi connectivity index (χ0n) is 13.7. The highest BCUT2D eigenvalue weighted by atomic mass is 35.5. The van der Waals surface area contributed by atoms with Gasteiger partial charge in [0.25, 0.3) is 0 Å². The van der Waals surface area contributed by atoms with E-state index in [2.05, 4.69) is 29.6 Å². The molecule has 2 nitrogen and oxygen atoms in total. The van der Waals surface area contributed by atoms with Crippen LogP contribution < -0.4 is 5.32 Å². The smallest absolute Gasteiger partial charge is 0.228 e. The molecule has 128 valence electrons. The van der Waals surface area contributed by atoms with Gasteiger partial charge in [0.1, 0.15) is 0 Å². The number of hydrogen-bond donors (Lipinski definition) is 1. The molecule has 2 aliphatic rings. The summed E-state index contributed by atoms with van der Waals surface area (Å²) in [5, 5.41) is 3.93. The van der Waals surface area contributed by atoms with Crippen LogP contribution in [0.15, 0.2) is 42.5 Å². The number of amides is 1. The Morgan fingerprint density at radius 2 is 1.38 bits per heavy atom. The topological polar surface area (TPSA) is 29.1 Å². The average molecular weight is 364 g/mol. The van der Waals surface area contributed by atoms with Crippen molar-refractivity contribution in [2.24, 2.45) is 17.8 Å². The molecule has 0 unspecified atom stereocenters. The van der Waals surface area contributed by atoms with Gasteiger partial charge in [0.2, 0.25) is 5.91 Å². The Bertz CT molecular complexity index is 609. The first-order valence-electron chi connectivity index (χ1n) is 8.73. The van der Waals surface area contributed by atoms with E-state index in [1.54, 1.807) is 18.2 Å². The predicted molar refractivity (Wildman–Crippen MR) is 102 cm³/mol. The highest BCUT2D eigenvalue weighted by Gasteiger charge is 2.52. The largest absolute Gasteiger partial charge is 0.323 e. The van der Waals surface area contributed by atoms with E-state index < -0.39 is 0 Å². The van der Waals surface area contributed by atoms with Gasteiger partial charge in [0.15, 0.2) is 0 Å². The number of nitrogens with one attached hydrogen (secondary N) is 1. The fourth-order valence-electron chi connectivity index (χ4n) is 3.69. The van der Waals surface area contributed by atoms with Crippen LogP contribution in [0.3, 0.4) is 0 Å². The number of allylic oxidation sites excluding steroid dienone is 4. The van der Waals surface area contributed by atoms with E-state index in [1.807, 2.05) is 0 Å². The Labute approximate surface area is 153 Å². The number of carbonyl (C=O) groups is 1. The van der Waals surface area contributed by atoms with Crippen molar-refractivity contribution in [3.63, 3.8) is 0 Å². The van der Waals surface area contributed by atoms with Gasteiger partial charge in [-0.2, -0.15) is 0 Å². The molecular weight excluding hydrogens is 341 g/mol. The van der Waals surface area contributed by atoms with E-state index >= 15 is 0 Å². The minimum absolute atomic E-state index is 0.0582. The molecule has 0 saturated heterocycles. The van der Waals surface area contributed by atoms with Crippen molar-refractivity contribution >= 4 is 34.8 Å². The molecule has 0 bridgehead atoms. The van der Waals surface area contributed by atoms with Crippen molar-refractivity contribution in [3.05, 3.63) is 52.5 Å². The van der Waals surface area contributed by atoms with Gasteiger partial charge in [-0.3, -0.25) is 4.79 Å². The van der Waals surface area contributed by atoms with Crippen molar-refractivity contribution < 1.29 is 4.79 Å². The van der Waals surface area contributed by atoms with Crippen LogP contribution in [0.1, 0.15) is 38.5 Å². The standard InChI is InChI=1S/C20H23Cl2NO/c21-16-12-9-13-17(22)19(16)23-20(24)18-14-10-7-5-3-1-2-4-6-8-11-15(14)18/h3-6,9,12-15,18H,1-2,7-8,10-11H2,(H,23,24)/t14-,15-,18?/m0/s1. The average Bonchev–Trinajstić information content (AvgIpc) is 3.23. The maximum absolute atomic E-state index is 12.7. The molecule has 4 heteroatoms. The molecule has 1 amide bonds. The number of rotatable bonds is 2. The molecule has 0 heterocycles. The zero-order chi connectivity index (χ0) is 16.9. The lowest BCUT2D eigenvalue weighted by Gasteiger charge is -2.09. The number of para-hydroxylation sites is 1. The number of hydrogen-bond acceptors (Lipinski definition) is 1. The lowest BCUT2D eigenvalue weighted by Crippen LogP contribution is -2.16. The molecule has 0 aromatic heterocycles. The van der Waals surface area contributed by atoms with Gasteiger partial charge in [-0.05, 0) is 62.5 Å². The zero-order valence-corrected chi connectivity index (χ0v) is 15.2. The molecule has 3 rings (SSSR count). The van der Waals surface area contributed by atoms with Crippen LogP contribution >= 0.6 is 23.2 Å². The second-order valence-corrected chi connectivity index (χ2v) is 7.43. The van der Waals surface area contributed by atoms with Gasteiger partial charge < -0.3 is 5.32 Å². The van der Waals surface area contributed by atoms with Crippen molar-refractivity contribution in [2.45, 2.75) is 38.5 Å². The number of fused-ring (bicyclic) bond motifs is 1. The predicted octanol–water partition coefficient (Wildman–Crippen LogP) is 6.26. The summed E-state index contributed by atoms with van der Waals surface area (Å²) >= 11 is 12.3. The van der Waals surface area contributed by atoms with Gasteiger partial charge in [-0.1, -0.05) is 53.6 Å². The van der Waals surface area contributed by atoms with Gasteiger partial charge in [-0.25, -0.2) is 0 Å². The third kappa shape index (κ3) is 4.23. The van der Waals surface area contributed by atoms with Crippen LogP contribution in [0.2, 0.25) is 10.0 Å². The molecule has 1 fully saturated rings. The summed E-state index contributed by atoms with van der Waals surface area (Å²) in [5.41, 5.74) is 0.535. The second kappa shape index (κ2) is 8.22. The summed E-state index contributed by atoms with van der Waals surface area (Å²) in [4.78, 5) is 12.7. The van der Waals surface area contributed by atoms with Crippen LogP contribution in [0.4, 0.5) is 5.69 Å². The van der Waals surface area contributed by atoms with Gasteiger partial charge >= 0.3 is 0 Å². The van der Waals surface area contributed by atoms with E-state index in [1.165, 1.54) is 0 Å².